The number of furan rings is 1. The van der Waals surface area contributed by atoms with E-state index in [9.17, 15) is 4.39 Å². The van der Waals surface area contributed by atoms with Crippen LogP contribution in [0, 0.1) is 19.7 Å². The topological polar surface area (TPSA) is 25.2 Å². The summed E-state index contributed by atoms with van der Waals surface area (Å²) < 4.78 is 19.0. The number of aryl methyl sites for hydroxylation is 2. The van der Waals surface area contributed by atoms with Crippen molar-refractivity contribution < 1.29 is 8.81 Å². The van der Waals surface area contributed by atoms with E-state index >= 15 is 0 Å². The van der Waals surface area contributed by atoms with Crippen molar-refractivity contribution in [3.05, 3.63) is 58.8 Å². The lowest BCUT2D eigenvalue weighted by Crippen LogP contribution is -2.17. The van der Waals surface area contributed by atoms with Crippen LogP contribution in [0.1, 0.15) is 28.5 Å². The summed E-state index contributed by atoms with van der Waals surface area (Å²) in [6.45, 7) is 3.56. The lowest BCUT2D eigenvalue weighted by Gasteiger charge is -2.16. The highest BCUT2D eigenvalue weighted by molar-refractivity contribution is 5.35. The molecule has 1 aromatic heterocycles. The predicted octanol–water partition coefficient (Wildman–Crippen LogP) is 3.34. The maximum atomic E-state index is 13.6. The Morgan fingerprint density at radius 3 is 2.35 bits per heavy atom. The molecule has 2 aromatic rings. The third-order valence-corrected chi connectivity index (χ3v) is 2.91. The van der Waals surface area contributed by atoms with Crippen molar-refractivity contribution in [2.45, 2.75) is 19.9 Å². The van der Waals surface area contributed by atoms with Gasteiger partial charge < -0.3 is 9.73 Å². The second-order valence-electron chi connectivity index (χ2n) is 4.21. The van der Waals surface area contributed by atoms with Gasteiger partial charge in [-0.05, 0) is 49.7 Å². The van der Waals surface area contributed by atoms with E-state index in [-0.39, 0.29) is 11.9 Å². The van der Waals surface area contributed by atoms with Gasteiger partial charge in [0.25, 0.3) is 0 Å². The summed E-state index contributed by atoms with van der Waals surface area (Å²) in [4.78, 5) is 0. The fraction of sp³-hybridized carbons (Fsp3) is 0.286. The largest absolute Gasteiger partial charge is 0.467 e. The fourth-order valence-corrected chi connectivity index (χ4v) is 2.07. The summed E-state index contributed by atoms with van der Waals surface area (Å²) in [6.07, 6.45) is 1.64. The summed E-state index contributed by atoms with van der Waals surface area (Å²) in [5.74, 6) is 0.695. The summed E-state index contributed by atoms with van der Waals surface area (Å²) >= 11 is 0. The molecule has 0 fully saturated rings. The van der Waals surface area contributed by atoms with Gasteiger partial charge in [0.05, 0.1) is 12.3 Å². The van der Waals surface area contributed by atoms with Crippen LogP contribution in [0.2, 0.25) is 0 Å². The Bertz CT molecular complexity index is 482. The first kappa shape index (κ1) is 11.9. The molecule has 0 saturated heterocycles. The zero-order valence-corrected chi connectivity index (χ0v) is 10.3. The van der Waals surface area contributed by atoms with Gasteiger partial charge >= 0.3 is 0 Å². The molecule has 0 spiro atoms. The molecule has 0 aliphatic rings. The van der Waals surface area contributed by atoms with Crippen molar-refractivity contribution in [3.63, 3.8) is 0 Å². The molecule has 1 aromatic carbocycles. The van der Waals surface area contributed by atoms with E-state index in [0.29, 0.717) is 11.1 Å². The average Bonchev–Trinajstić information content (AvgIpc) is 2.80. The summed E-state index contributed by atoms with van der Waals surface area (Å²) in [5, 5.41) is 3.18. The number of hydrogen-bond acceptors (Lipinski definition) is 2. The normalized spacial score (nSPS) is 12.7. The van der Waals surface area contributed by atoms with Gasteiger partial charge in [0.1, 0.15) is 11.6 Å². The van der Waals surface area contributed by atoms with Crippen molar-refractivity contribution in [2.75, 3.05) is 7.05 Å². The standard InChI is InChI=1S/C14H16FNO/c1-9-7-11(8-10(2)13(9)15)14(16-3)12-5-4-6-17-12/h4-8,14,16H,1-3H3. The molecule has 3 heteroatoms. The first-order chi connectivity index (χ1) is 8.13. The Morgan fingerprint density at radius 1 is 1.24 bits per heavy atom. The van der Waals surface area contributed by atoms with Crippen molar-refractivity contribution >= 4 is 0 Å². The monoisotopic (exact) mass is 233 g/mol. The predicted molar refractivity (Wildman–Crippen MR) is 65.5 cm³/mol. The Kier molecular flexibility index (Phi) is 3.29. The van der Waals surface area contributed by atoms with Crippen LogP contribution in [-0.2, 0) is 0 Å². The first-order valence-corrected chi connectivity index (χ1v) is 5.60. The van der Waals surface area contributed by atoms with Crippen molar-refractivity contribution in [1.29, 1.82) is 0 Å². The molecule has 0 saturated carbocycles. The van der Waals surface area contributed by atoms with E-state index in [1.54, 1.807) is 20.1 Å². The summed E-state index contributed by atoms with van der Waals surface area (Å²) in [6, 6.07) is 7.43. The van der Waals surface area contributed by atoms with Crippen LogP contribution in [0.3, 0.4) is 0 Å². The summed E-state index contributed by atoms with van der Waals surface area (Å²) in [7, 11) is 1.86. The van der Waals surface area contributed by atoms with Gasteiger partial charge in [-0.2, -0.15) is 0 Å². The lowest BCUT2D eigenvalue weighted by atomic mass is 9.99. The van der Waals surface area contributed by atoms with Crippen LogP contribution in [0.4, 0.5) is 4.39 Å². The van der Waals surface area contributed by atoms with Gasteiger partial charge in [-0.3, -0.25) is 0 Å². The molecule has 0 radical (unpaired) electrons. The van der Waals surface area contributed by atoms with Crippen LogP contribution < -0.4 is 5.32 Å². The molecule has 0 amide bonds. The first-order valence-electron chi connectivity index (χ1n) is 5.60. The average molecular weight is 233 g/mol. The smallest absolute Gasteiger partial charge is 0.129 e. The minimum absolute atomic E-state index is 0.0389. The van der Waals surface area contributed by atoms with E-state index in [4.69, 9.17) is 4.42 Å². The van der Waals surface area contributed by atoms with Gasteiger partial charge in [0.2, 0.25) is 0 Å². The van der Waals surface area contributed by atoms with Crippen LogP contribution in [0.25, 0.3) is 0 Å². The Balaban J connectivity index is 2.45. The molecule has 1 N–H and O–H groups in total. The zero-order chi connectivity index (χ0) is 12.4. The van der Waals surface area contributed by atoms with Crippen molar-refractivity contribution in [2.24, 2.45) is 0 Å². The molecule has 17 heavy (non-hydrogen) atoms. The molecule has 0 bridgehead atoms. The quantitative estimate of drug-likeness (QED) is 0.879. The zero-order valence-electron chi connectivity index (χ0n) is 10.3. The molecule has 1 unspecified atom stereocenters. The molecule has 0 aliphatic carbocycles. The van der Waals surface area contributed by atoms with Gasteiger partial charge in [-0.25, -0.2) is 4.39 Å². The molecule has 1 heterocycles. The lowest BCUT2D eigenvalue weighted by molar-refractivity contribution is 0.462. The highest BCUT2D eigenvalue weighted by Gasteiger charge is 2.16. The number of rotatable bonds is 3. The van der Waals surface area contributed by atoms with Gasteiger partial charge in [0, 0.05) is 0 Å². The number of benzene rings is 1. The number of nitrogens with one attached hydrogen (secondary N) is 1. The molecule has 90 valence electrons. The highest BCUT2D eigenvalue weighted by Crippen LogP contribution is 2.25. The van der Waals surface area contributed by atoms with Gasteiger partial charge in [-0.15, -0.1) is 0 Å². The Hall–Kier alpha value is -1.61. The molecule has 1 atom stereocenters. The van der Waals surface area contributed by atoms with Crippen LogP contribution in [0.15, 0.2) is 34.9 Å². The van der Waals surface area contributed by atoms with E-state index in [2.05, 4.69) is 5.32 Å². The van der Waals surface area contributed by atoms with Crippen molar-refractivity contribution in [1.82, 2.24) is 5.32 Å². The second kappa shape index (κ2) is 4.72. The van der Waals surface area contributed by atoms with E-state index < -0.39 is 0 Å². The van der Waals surface area contributed by atoms with E-state index in [1.807, 2.05) is 31.3 Å². The molecule has 2 nitrogen and oxygen atoms in total. The number of halogens is 1. The van der Waals surface area contributed by atoms with Gasteiger partial charge in [0.15, 0.2) is 0 Å². The SMILES string of the molecule is CNC(c1cc(C)c(F)c(C)c1)c1ccco1. The van der Waals surface area contributed by atoms with Crippen LogP contribution in [0.5, 0.6) is 0 Å². The second-order valence-corrected chi connectivity index (χ2v) is 4.21. The minimum Gasteiger partial charge on any atom is -0.467 e. The molecular formula is C14H16FNO. The van der Waals surface area contributed by atoms with E-state index in [1.165, 1.54) is 0 Å². The number of hydrogen-bond donors (Lipinski definition) is 1. The van der Waals surface area contributed by atoms with E-state index in [0.717, 1.165) is 11.3 Å². The Morgan fingerprint density at radius 2 is 1.88 bits per heavy atom. The summed E-state index contributed by atoms with van der Waals surface area (Å²) in [5.41, 5.74) is 2.33. The maximum absolute atomic E-state index is 13.6. The maximum Gasteiger partial charge on any atom is 0.129 e. The van der Waals surface area contributed by atoms with Gasteiger partial charge in [-0.1, -0.05) is 12.1 Å². The highest BCUT2D eigenvalue weighted by atomic mass is 19.1. The van der Waals surface area contributed by atoms with Crippen molar-refractivity contribution in [3.8, 4) is 0 Å². The molecule has 2 rings (SSSR count). The third-order valence-electron chi connectivity index (χ3n) is 2.91. The minimum atomic E-state index is -0.136. The molecule has 0 aliphatic heterocycles. The third kappa shape index (κ3) is 2.24. The Labute approximate surface area is 100 Å². The molecular weight excluding hydrogens is 217 g/mol. The van der Waals surface area contributed by atoms with Crippen LogP contribution in [-0.4, -0.2) is 7.05 Å². The van der Waals surface area contributed by atoms with Crippen LogP contribution >= 0.6 is 0 Å². The fourth-order valence-electron chi connectivity index (χ4n) is 2.07.